The van der Waals surface area contributed by atoms with E-state index in [0.29, 0.717) is 29.7 Å². The zero-order valence-corrected chi connectivity index (χ0v) is 16.5. The van der Waals surface area contributed by atoms with Crippen molar-refractivity contribution in [3.05, 3.63) is 47.1 Å². The average Bonchev–Trinajstić information content (AvgIpc) is 2.97. The van der Waals surface area contributed by atoms with Crippen molar-refractivity contribution in [2.45, 2.75) is 19.4 Å². The fourth-order valence-electron chi connectivity index (χ4n) is 3.75. The smallest absolute Gasteiger partial charge is 0.326 e. The van der Waals surface area contributed by atoms with Gasteiger partial charge in [0.05, 0.1) is 24.5 Å². The molecule has 0 saturated carbocycles. The third-order valence-electron chi connectivity index (χ3n) is 5.33. The van der Waals surface area contributed by atoms with E-state index in [9.17, 15) is 14.4 Å². The van der Waals surface area contributed by atoms with Crippen LogP contribution in [0, 0.1) is 11.8 Å². The van der Waals surface area contributed by atoms with Gasteiger partial charge in [0, 0.05) is 17.0 Å². The van der Waals surface area contributed by atoms with Gasteiger partial charge in [-0.05, 0) is 31.0 Å². The number of pyridine rings is 1. The molecule has 8 heteroatoms. The van der Waals surface area contributed by atoms with Crippen molar-refractivity contribution in [3.63, 3.8) is 0 Å². The molecule has 2 amide bonds. The van der Waals surface area contributed by atoms with Crippen molar-refractivity contribution in [1.29, 1.82) is 0 Å². The Kier molecular flexibility index (Phi) is 5.24. The molecule has 4 rings (SSSR count). The number of hydrogen-bond acceptors (Lipinski definition) is 6. The Bertz CT molecular complexity index is 1010. The summed E-state index contributed by atoms with van der Waals surface area (Å²) in [4.78, 5) is 42.5. The molecule has 0 N–H and O–H groups in total. The summed E-state index contributed by atoms with van der Waals surface area (Å²) in [7, 11) is 1.57. The van der Waals surface area contributed by atoms with Crippen LogP contribution in [0.3, 0.4) is 0 Å². The van der Waals surface area contributed by atoms with E-state index in [-0.39, 0.29) is 42.0 Å². The van der Waals surface area contributed by atoms with Gasteiger partial charge in [0.25, 0.3) is 0 Å². The van der Waals surface area contributed by atoms with Crippen molar-refractivity contribution in [3.8, 4) is 5.75 Å². The van der Waals surface area contributed by atoms with E-state index in [2.05, 4.69) is 4.98 Å². The zero-order chi connectivity index (χ0) is 20.5. The fourth-order valence-corrected chi connectivity index (χ4v) is 3.95. The van der Waals surface area contributed by atoms with Crippen molar-refractivity contribution in [2.24, 2.45) is 11.8 Å². The van der Waals surface area contributed by atoms with Gasteiger partial charge >= 0.3 is 5.97 Å². The minimum atomic E-state index is -0.663. The van der Waals surface area contributed by atoms with Crippen molar-refractivity contribution in [1.82, 2.24) is 9.88 Å². The SMILES string of the molecule is COc1ccc2cc(COC(=O)CN3C(=O)C4CC=CCC4C3=O)c(Cl)nc2c1. The summed E-state index contributed by atoms with van der Waals surface area (Å²) in [5.74, 6) is -1.34. The number of ether oxygens (including phenoxy) is 2. The zero-order valence-electron chi connectivity index (χ0n) is 15.8. The van der Waals surface area contributed by atoms with E-state index in [1.807, 2.05) is 18.2 Å². The lowest BCUT2D eigenvalue weighted by atomic mass is 9.85. The minimum Gasteiger partial charge on any atom is -0.497 e. The number of methoxy groups -OCH3 is 1. The number of fused-ring (bicyclic) bond motifs is 2. The molecule has 1 aromatic heterocycles. The lowest BCUT2D eigenvalue weighted by Gasteiger charge is -2.14. The summed E-state index contributed by atoms with van der Waals surface area (Å²) < 4.78 is 10.4. The molecule has 2 unspecified atom stereocenters. The maximum atomic E-state index is 12.4. The van der Waals surface area contributed by atoms with Gasteiger partial charge in [0.1, 0.15) is 24.1 Å². The van der Waals surface area contributed by atoms with E-state index >= 15 is 0 Å². The predicted octanol–water partition coefficient (Wildman–Crippen LogP) is 2.89. The number of nitrogens with zero attached hydrogens (tertiary/aromatic N) is 2. The van der Waals surface area contributed by atoms with E-state index in [4.69, 9.17) is 21.1 Å². The molecule has 2 atom stereocenters. The van der Waals surface area contributed by atoms with Gasteiger partial charge in [-0.2, -0.15) is 0 Å². The summed E-state index contributed by atoms with van der Waals surface area (Å²) in [6.07, 6.45) is 4.87. The second kappa shape index (κ2) is 7.83. The van der Waals surface area contributed by atoms with Gasteiger partial charge in [0.15, 0.2) is 0 Å². The number of aromatic nitrogens is 1. The molecule has 150 valence electrons. The van der Waals surface area contributed by atoms with Crippen LogP contribution in [-0.2, 0) is 25.7 Å². The molecule has 2 aliphatic rings. The van der Waals surface area contributed by atoms with Gasteiger partial charge in [-0.15, -0.1) is 0 Å². The monoisotopic (exact) mass is 414 g/mol. The van der Waals surface area contributed by atoms with Crippen LogP contribution < -0.4 is 4.74 Å². The quantitative estimate of drug-likeness (QED) is 0.323. The third kappa shape index (κ3) is 3.70. The average molecular weight is 415 g/mol. The topological polar surface area (TPSA) is 85.8 Å². The minimum absolute atomic E-state index is 0.0999. The number of benzene rings is 1. The molecule has 1 aliphatic heterocycles. The lowest BCUT2D eigenvalue weighted by molar-refractivity contribution is -0.153. The van der Waals surface area contributed by atoms with Crippen LogP contribution in [0.4, 0.5) is 0 Å². The van der Waals surface area contributed by atoms with E-state index in [1.165, 1.54) is 0 Å². The maximum Gasteiger partial charge on any atom is 0.326 e. The summed E-state index contributed by atoms with van der Waals surface area (Å²) in [5.41, 5.74) is 1.20. The van der Waals surface area contributed by atoms with E-state index in [0.717, 1.165) is 10.3 Å². The first-order chi connectivity index (χ1) is 14.0. The molecule has 0 spiro atoms. The summed E-state index contributed by atoms with van der Waals surface area (Å²) in [5, 5.41) is 1.03. The van der Waals surface area contributed by atoms with Gasteiger partial charge in [-0.3, -0.25) is 19.3 Å². The number of rotatable bonds is 5. The molecule has 1 saturated heterocycles. The highest BCUT2D eigenvalue weighted by molar-refractivity contribution is 6.30. The van der Waals surface area contributed by atoms with E-state index in [1.54, 1.807) is 25.3 Å². The fraction of sp³-hybridized carbons (Fsp3) is 0.333. The number of allylic oxidation sites excluding steroid dienone is 2. The number of esters is 1. The van der Waals surface area contributed by atoms with Crippen LogP contribution in [0.2, 0.25) is 5.15 Å². The molecule has 7 nitrogen and oxygen atoms in total. The van der Waals surface area contributed by atoms with Crippen LogP contribution in [-0.4, -0.2) is 41.3 Å². The molecule has 0 bridgehead atoms. The van der Waals surface area contributed by atoms with Crippen molar-refractivity contribution in [2.75, 3.05) is 13.7 Å². The highest BCUT2D eigenvalue weighted by Crippen LogP contribution is 2.35. The summed E-state index contributed by atoms with van der Waals surface area (Å²) >= 11 is 6.21. The number of carbonyl (C=O) groups excluding carboxylic acids is 3. The van der Waals surface area contributed by atoms with E-state index < -0.39 is 5.97 Å². The number of likely N-dealkylation sites (tertiary alicyclic amines) is 1. The Morgan fingerprint density at radius 2 is 1.86 bits per heavy atom. The molecule has 1 aliphatic carbocycles. The Balaban J connectivity index is 1.41. The van der Waals surface area contributed by atoms with Crippen molar-refractivity contribution < 1.29 is 23.9 Å². The summed E-state index contributed by atoms with van der Waals surface area (Å²) in [6.45, 7) is -0.488. The highest BCUT2D eigenvalue weighted by atomic mass is 35.5. The first-order valence-corrected chi connectivity index (χ1v) is 9.64. The summed E-state index contributed by atoms with van der Waals surface area (Å²) in [6, 6.07) is 7.17. The molecule has 2 heterocycles. The molecule has 0 radical (unpaired) electrons. The largest absolute Gasteiger partial charge is 0.497 e. The number of halogens is 1. The third-order valence-corrected chi connectivity index (χ3v) is 5.65. The van der Waals surface area contributed by atoms with Gasteiger partial charge < -0.3 is 9.47 Å². The maximum absolute atomic E-state index is 12.4. The Labute approximate surface area is 172 Å². The highest BCUT2D eigenvalue weighted by Gasteiger charge is 2.47. The number of imide groups is 1. The van der Waals surface area contributed by atoms with Crippen LogP contribution in [0.1, 0.15) is 18.4 Å². The Morgan fingerprint density at radius 1 is 1.17 bits per heavy atom. The molecule has 1 aromatic carbocycles. The van der Waals surface area contributed by atoms with Crippen LogP contribution >= 0.6 is 11.6 Å². The van der Waals surface area contributed by atoms with Crippen LogP contribution in [0.15, 0.2) is 36.4 Å². The second-order valence-electron chi connectivity index (χ2n) is 7.08. The molecule has 1 fully saturated rings. The van der Waals surface area contributed by atoms with Gasteiger partial charge in [0.2, 0.25) is 11.8 Å². The second-order valence-corrected chi connectivity index (χ2v) is 7.43. The van der Waals surface area contributed by atoms with Crippen LogP contribution in [0.25, 0.3) is 10.9 Å². The lowest BCUT2D eigenvalue weighted by Crippen LogP contribution is -2.36. The number of hydrogen-bond donors (Lipinski definition) is 0. The normalized spacial score (nSPS) is 20.8. The Morgan fingerprint density at radius 3 is 2.52 bits per heavy atom. The predicted molar refractivity (Wildman–Crippen MR) is 105 cm³/mol. The van der Waals surface area contributed by atoms with Crippen molar-refractivity contribution >= 4 is 40.3 Å². The molecule has 2 aromatic rings. The molecule has 29 heavy (non-hydrogen) atoms. The number of carbonyl (C=O) groups is 3. The first kappa shape index (κ1) is 19.4. The Hall–Kier alpha value is -2.93. The molecular weight excluding hydrogens is 396 g/mol. The van der Waals surface area contributed by atoms with Crippen LogP contribution in [0.5, 0.6) is 5.75 Å². The molecular formula is C21H19ClN2O5. The number of amides is 2. The first-order valence-electron chi connectivity index (χ1n) is 9.27. The van der Waals surface area contributed by atoms with Gasteiger partial charge in [-0.1, -0.05) is 23.8 Å². The standard InChI is InChI=1S/C21H19ClN2O5/c1-28-14-7-6-12-8-13(19(22)23-17(12)9-14)11-29-18(25)10-24-20(26)15-4-2-3-5-16(15)21(24)27/h2-3,6-9,15-16H,4-5,10-11H2,1H3. The van der Waals surface area contributed by atoms with Gasteiger partial charge in [-0.25, -0.2) is 4.98 Å².